The molecule has 0 aromatic carbocycles. The van der Waals surface area contributed by atoms with Crippen LogP contribution in [0.3, 0.4) is 0 Å². The maximum absolute atomic E-state index is 11.8. The minimum absolute atomic E-state index is 0.262. The van der Waals surface area contributed by atoms with Crippen molar-refractivity contribution in [2.24, 2.45) is 0 Å². The van der Waals surface area contributed by atoms with Gasteiger partial charge in [-0.15, -0.1) is 0 Å². The number of amides is 2. The second-order valence-corrected chi connectivity index (χ2v) is 3.74. The van der Waals surface area contributed by atoms with E-state index in [0.717, 1.165) is 0 Å². The molecule has 0 bridgehead atoms. The number of carboxylic acids is 1. The summed E-state index contributed by atoms with van der Waals surface area (Å²) in [5, 5.41) is 23.5. The van der Waals surface area contributed by atoms with Gasteiger partial charge in [0.15, 0.2) is 0 Å². The number of rotatable bonds is 6. The number of anilines is 1. The molecule has 0 saturated heterocycles. The van der Waals surface area contributed by atoms with Crippen LogP contribution in [0.1, 0.15) is 13.3 Å². The van der Waals surface area contributed by atoms with Crippen molar-refractivity contribution in [3.8, 4) is 6.07 Å². The first kappa shape index (κ1) is 14.5. The van der Waals surface area contributed by atoms with E-state index in [1.807, 2.05) is 13.0 Å². The predicted molar refractivity (Wildman–Crippen MR) is 66.4 cm³/mol. The van der Waals surface area contributed by atoms with Crippen LogP contribution in [0.4, 0.5) is 10.5 Å². The smallest absolute Gasteiger partial charge is 0.325 e. The minimum Gasteiger partial charge on any atom is -0.480 e. The average molecular weight is 265 g/mol. The summed E-state index contributed by atoms with van der Waals surface area (Å²) in [6.45, 7) is 2.38. The van der Waals surface area contributed by atoms with Gasteiger partial charge in [-0.1, -0.05) is 0 Å². The molecule has 0 aliphatic heterocycles. The monoisotopic (exact) mass is 265 g/mol. The van der Waals surface area contributed by atoms with Gasteiger partial charge in [-0.3, -0.25) is 9.48 Å². The third-order valence-electron chi connectivity index (χ3n) is 2.34. The van der Waals surface area contributed by atoms with E-state index in [1.54, 1.807) is 0 Å². The molecule has 0 aliphatic carbocycles. The van der Waals surface area contributed by atoms with E-state index in [-0.39, 0.29) is 19.0 Å². The Labute approximate surface area is 110 Å². The van der Waals surface area contributed by atoms with Crippen LogP contribution in [0.25, 0.3) is 0 Å². The van der Waals surface area contributed by atoms with Crippen LogP contribution in [0.2, 0.25) is 0 Å². The Kier molecular flexibility index (Phi) is 5.35. The highest BCUT2D eigenvalue weighted by Gasteiger charge is 2.12. The summed E-state index contributed by atoms with van der Waals surface area (Å²) in [6.07, 6.45) is 3.07. The van der Waals surface area contributed by atoms with Crippen molar-refractivity contribution in [1.29, 1.82) is 5.26 Å². The predicted octanol–water partition coefficient (Wildman–Crippen LogP) is 0.735. The molecule has 0 atom stereocenters. The summed E-state index contributed by atoms with van der Waals surface area (Å²) in [7, 11) is 0. The summed E-state index contributed by atoms with van der Waals surface area (Å²) in [5.41, 5.74) is 0.418. The molecule has 8 nitrogen and oxygen atoms in total. The van der Waals surface area contributed by atoms with Crippen LogP contribution < -0.4 is 5.32 Å². The zero-order valence-corrected chi connectivity index (χ0v) is 10.5. The number of nitrogens with one attached hydrogen (secondary N) is 1. The first-order chi connectivity index (χ1) is 9.06. The summed E-state index contributed by atoms with van der Waals surface area (Å²) < 4.78 is 1.21. The second kappa shape index (κ2) is 7.00. The number of aliphatic carboxylic acids is 1. The molecular weight excluding hydrogens is 250 g/mol. The fraction of sp³-hybridized carbons (Fsp3) is 0.455. The molecule has 102 valence electrons. The second-order valence-electron chi connectivity index (χ2n) is 3.74. The van der Waals surface area contributed by atoms with Crippen molar-refractivity contribution in [2.45, 2.75) is 19.9 Å². The number of carboxylic acid groups (broad SMARTS) is 1. The van der Waals surface area contributed by atoms with Crippen LogP contribution in [0.15, 0.2) is 12.4 Å². The van der Waals surface area contributed by atoms with Gasteiger partial charge in [0.05, 0.1) is 24.4 Å². The fourth-order valence-corrected chi connectivity index (χ4v) is 1.44. The minimum atomic E-state index is -1.01. The van der Waals surface area contributed by atoms with Crippen LogP contribution in [-0.2, 0) is 11.3 Å². The van der Waals surface area contributed by atoms with Gasteiger partial charge < -0.3 is 15.3 Å². The van der Waals surface area contributed by atoms with Gasteiger partial charge in [-0.05, 0) is 6.92 Å². The van der Waals surface area contributed by atoms with Gasteiger partial charge in [0, 0.05) is 19.3 Å². The topological polar surface area (TPSA) is 111 Å². The lowest BCUT2D eigenvalue weighted by atomic mass is 10.4. The number of nitrogens with zero attached hydrogens (tertiary/aromatic N) is 4. The highest BCUT2D eigenvalue weighted by molar-refractivity contribution is 5.89. The van der Waals surface area contributed by atoms with Crippen molar-refractivity contribution < 1.29 is 14.7 Å². The van der Waals surface area contributed by atoms with E-state index < -0.39 is 5.97 Å². The quantitative estimate of drug-likeness (QED) is 0.787. The lowest BCUT2D eigenvalue weighted by molar-refractivity contribution is -0.137. The van der Waals surface area contributed by atoms with E-state index in [2.05, 4.69) is 10.4 Å². The largest absolute Gasteiger partial charge is 0.480 e. The first-order valence-corrected chi connectivity index (χ1v) is 5.74. The number of urea groups is 1. The lowest BCUT2D eigenvalue weighted by Crippen LogP contribution is -2.35. The summed E-state index contributed by atoms with van der Waals surface area (Å²) in [4.78, 5) is 23.8. The summed E-state index contributed by atoms with van der Waals surface area (Å²) in [5.74, 6) is -1.01. The van der Waals surface area contributed by atoms with E-state index in [1.165, 1.54) is 22.0 Å². The highest BCUT2D eigenvalue weighted by atomic mass is 16.4. The number of carbonyl (C=O) groups is 2. The van der Waals surface area contributed by atoms with Gasteiger partial charge in [0.25, 0.3) is 0 Å². The molecule has 19 heavy (non-hydrogen) atoms. The third-order valence-corrected chi connectivity index (χ3v) is 2.34. The zero-order chi connectivity index (χ0) is 14.3. The van der Waals surface area contributed by atoms with E-state index >= 15 is 0 Å². The van der Waals surface area contributed by atoms with Gasteiger partial charge in [0.1, 0.15) is 6.54 Å². The lowest BCUT2D eigenvalue weighted by Gasteiger charge is -2.19. The highest BCUT2D eigenvalue weighted by Crippen LogP contribution is 2.06. The molecule has 1 aromatic heterocycles. The van der Waals surface area contributed by atoms with Crippen molar-refractivity contribution in [3.63, 3.8) is 0 Å². The Morgan fingerprint density at radius 1 is 1.63 bits per heavy atom. The molecule has 1 aromatic rings. The Morgan fingerprint density at radius 2 is 2.37 bits per heavy atom. The van der Waals surface area contributed by atoms with Crippen LogP contribution in [0, 0.1) is 11.3 Å². The van der Waals surface area contributed by atoms with Gasteiger partial charge >= 0.3 is 12.0 Å². The Bertz CT molecular complexity index is 491. The Hall–Kier alpha value is -2.56. The number of carbonyl (C=O) groups excluding carboxylic acids is 1. The molecule has 1 rings (SSSR count). The standard InChI is InChI=1S/C11H15N5O3/c1-2-15(5-3-4-12)11(19)14-9-6-13-16(7-9)8-10(17)18/h6-7H,2-3,5,8H2,1H3,(H,14,19)(H,17,18). The molecule has 0 spiro atoms. The van der Waals surface area contributed by atoms with E-state index in [4.69, 9.17) is 10.4 Å². The molecule has 8 heteroatoms. The summed E-state index contributed by atoms with van der Waals surface area (Å²) >= 11 is 0. The summed E-state index contributed by atoms with van der Waals surface area (Å²) in [6, 6.07) is 1.63. The van der Waals surface area contributed by atoms with Crippen LogP contribution in [-0.4, -0.2) is 44.9 Å². The third kappa shape index (κ3) is 4.67. The number of nitriles is 1. The van der Waals surface area contributed by atoms with Crippen molar-refractivity contribution in [2.75, 3.05) is 18.4 Å². The van der Waals surface area contributed by atoms with Gasteiger partial charge in [-0.25, -0.2) is 4.79 Å². The van der Waals surface area contributed by atoms with Crippen LogP contribution >= 0.6 is 0 Å². The molecule has 0 aliphatic rings. The number of hydrogen-bond acceptors (Lipinski definition) is 4. The van der Waals surface area contributed by atoms with Crippen molar-refractivity contribution >= 4 is 17.7 Å². The normalized spacial score (nSPS) is 9.68. The molecule has 0 radical (unpaired) electrons. The molecule has 0 fully saturated rings. The molecular formula is C11H15N5O3. The first-order valence-electron chi connectivity index (χ1n) is 5.74. The van der Waals surface area contributed by atoms with Crippen molar-refractivity contribution in [1.82, 2.24) is 14.7 Å². The van der Waals surface area contributed by atoms with Gasteiger partial charge in [-0.2, -0.15) is 10.4 Å². The fourth-order valence-electron chi connectivity index (χ4n) is 1.44. The SMILES string of the molecule is CCN(CCC#N)C(=O)Nc1cnn(CC(=O)O)c1. The Morgan fingerprint density at radius 3 is 2.95 bits per heavy atom. The molecule has 2 N–H and O–H groups in total. The average Bonchev–Trinajstić information content (AvgIpc) is 2.76. The molecule has 0 saturated carbocycles. The molecule has 0 unspecified atom stereocenters. The molecule has 1 heterocycles. The van der Waals surface area contributed by atoms with Crippen LogP contribution in [0.5, 0.6) is 0 Å². The van der Waals surface area contributed by atoms with Gasteiger partial charge in [0.2, 0.25) is 0 Å². The Balaban J connectivity index is 2.58. The van der Waals surface area contributed by atoms with E-state index in [0.29, 0.717) is 18.8 Å². The zero-order valence-electron chi connectivity index (χ0n) is 10.5. The number of hydrogen-bond donors (Lipinski definition) is 2. The van der Waals surface area contributed by atoms with Crippen molar-refractivity contribution in [3.05, 3.63) is 12.4 Å². The maximum atomic E-state index is 11.8. The number of aromatic nitrogens is 2. The van der Waals surface area contributed by atoms with E-state index in [9.17, 15) is 9.59 Å². The molecule has 2 amide bonds. The maximum Gasteiger partial charge on any atom is 0.325 e.